The maximum absolute atomic E-state index is 11.9. The summed E-state index contributed by atoms with van der Waals surface area (Å²) in [5.41, 5.74) is 6.87. The number of carboxylic acid groups (broad SMARTS) is 1. The van der Waals surface area contributed by atoms with Crippen molar-refractivity contribution in [1.82, 2.24) is 9.47 Å². The van der Waals surface area contributed by atoms with E-state index in [2.05, 4.69) is 40.8 Å². The highest BCUT2D eigenvalue weighted by molar-refractivity contribution is 5.98. The van der Waals surface area contributed by atoms with E-state index in [1.54, 1.807) is 13.2 Å². The Bertz CT molecular complexity index is 1240. The van der Waals surface area contributed by atoms with Crippen molar-refractivity contribution in [2.45, 2.75) is 57.0 Å². The number of nitrogens with zero attached hydrogens (tertiary/aromatic N) is 2. The second-order valence-electron chi connectivity index (χ2n) is 10.2. The van der Waals surface area contributed by atoms with Crippen LogP contribution in [0.3, 0.4) is 0 Å². The maximum atomic E-state index is 11.9. The highest BCUT2D eigenvalue weighted by Crippen LogP contribution is 2.51. The van der Waals surface area contributed by atoms with E-state index in [0.717, 1.165) is 30.8 Å². The summed E-state index contributed by atoms with van der Waals surface area (Å²) in [5.74, 6) is 1.07. The minimum absolute atomic E-state index is 0.354. The molecule has 33 heavy (non-hydrogen) atoms. The molecule has 3 heterocycles. The molecule has 1 aliphatic carbocycles. The van der Waals surface area contributed by atoms with Crippen molar-refractivity contribution in [3.8, 4) is 17.0 Å². The number of hydrogen-bond donors (Lipinski definition) is 1. The van der Waals surface area contributed by atoms with Crippen LogP contribution in [0.5, 0.6) is 5.75 Å². The van der Waals surface area contributed by atoms with Crippen LogP contribution >= 0.6 is 0 Å². The smallest absolute Gasteiger partial charge is 0.335 e. The van der Waals surface area contributed by atoms with Crippen LogP contribution in [-0.4, -0.2) is 41.2 Å². The van der Waals surface area contributed by atoms with Crippen molar-refractivity contribution in [2.24, 2.45) is 5.92 Å². The summed E-state index contributed by atoms with van der Waals surface area (Å²) in [6.07, 6.45) is 7.43. The van der Waals surface area contributed by atoms with Crippen LogP contribution in [0.25, 0.3) is 22.2 Å². The number of rotatable bonds is 3. The molecule has 1 N–H and O–H groups in total. The second kappa shape index (κ2) is 7.91. The summed E-state index contributed by atoms with van der Waals surface area (Å²) in [7, 11) is 3.98. The predicted octanol–water partition coefficient (Wildman–Crippen LogP) is 6.07. The lowest BCUT2D eigenvalue weighted by Gasteiger charge is -2.26. The summed E-state index contributed by atoms with van der Waals surface area (Å²) in [4.78, 5) is 14.3. The van der Waals surface area contributed by atoms with Gasteiger partial charge in [-0.05, 0) is 86.1 Å². The number of hydrogen-bond acceptors (Lipinski definition) is 3. The molecule has 1 aromatic heterocycles. The van der Waals surface area contributed by atoms with Gasteiger partial charge in [0.25, 0.3) is 0 Å². The molecule has 5 nitrogen and oxygen atoms in total. The van der Waals surface area contributed by atoms with Gasteiger partial charge in [0, 0.05) is 29.1 Å². The number of carboxylic acids is 1. The first kappa shape index (κ1) is 20.8. The van der Waals surface area contributed by atoms with Gasteiger partial charge < -0.3 is 14.4 Å². The molecule has 6 rings (SSSR count). The van der Waals surface area contributed by atoms with Crippen LogP contribution < -0.4 is 4.74 Å². The molecule has 2 aromatic carbocycles. The Morgan fingerprint density at radius 1 is 1.06 bits per heavy atom. The van der Waals surface area contributed by atoms with Crippen LogP contribution in [0, 0.1) is 5.92 Å². The zero-order valence-corrected chi connectivity index (χ0v) is 19.5. The topological polar surface area (TPSA) is 54.7 Å². The number of fused-ring (bicyclic) bond motifs is 7. The molecule has 1 saturated heterocycles. The number of benzene rings is 2. The van der Waals surface area contributed by atoms with Crippen molar-refractivity contribution in [1.29, 1.82) is 0 Å². The third-order valence-corrected chi connectivity index (χ3v) is 8.39. The summed E-state index contributed by atoms with van der Waals surface area (Å²) >= 11 is 0. The maximum Gasteiger partial charge on any atom is 0.335 e. The lowest BCUT2D eigenvalue weighted by Crippen LogP contribution is -2.22. The average Bonchev–Trinajstić information content (AvgIpc) is 3.31. The van der Waals surface area contributed by atoms with Crippen molar-refractivity contribution in [3.05, 3.63) is 53.1 Å². The molecule has 0 amide bonds. The molecule has 0 bridgehead atoms. The normalized spacial score (nSPS) is 23.1. The zero-order chi connectivity index (χ0) is 22.7. The molecule has 3 aliphatic rings. The summed E-state index contributed by atoms with van der Waals surface area (Å²) in [5, 5.41) is 11.0. The van der Waals surface area contributed by atoms with Crippen LogP contribution in [0.2, 0.25) is 0 Å². The highest BCUT2D eigenvalue weighted by Gasteiger charge is 2.40. The molecule has 5 heteroatoms. The molecule has 0 radical (unpaired) electrons. The van der Waals surface area contributed by atoms with Gasteiger partial charge in [0.05, 0.1) is 18.4 Å². The van der Waals surface area contributed by atoms with Gasteiger partial charge in [0.15, 0.2) is 0 Å². The number of likely N-dealkylation sites (tertiary alicyclic amines) is 1. The molecular weight excluding hydrogens is 412 g/mol. The van der Waals surface area contributed by atoms with Gasteiger partial charge in [-0.25, -0.2) is 4.79 Å². The van der Waals surface area contributed by atoms with Crippen LogP contribution in [0.4, 0.5) is 0 Å². The Labute approximate surface area is 195 Å². The first-order chi connectivity index (χ1) is 16.1. The van der Waals surface area contributed by atoms with E-state index in [1.165, 1.54) is 59.9 Å². The molecule has 0 unspecified atom stereocenters. The van der Waals surface area contributed by atoms with Crippen LogP contribution in [0.15, 0.2) is 36.4 Å². The minimum atomic E-state index is -0.857. The number of methoxy groups -OCH3 is 1. The molecule has 2 atom stereocenters. The molecule has 2 fully saturated rings. The van der Waals surface area contributed by atoms with E-state index in [9.17, 15) is 9.90 Å². The number of ether oxygens (including phenoxy) is 1. The van der Waals surface area contributed by atoms with Gasteiger partial charge in [-0.15, -0.1) is 0 Å². The van der Waals surface area contributed by atoms with Crippen molar-refractivity contribution in [2.75, 3.05) is 20.7 Å². The van der Waals surface area contributed by atoms with Gasteiger partial charge in [-0.3, -0.25) is 4.90 Å². The van der Waals surface area contributed by atoms with E-state index in [1.807, 2.05) is 6.07 Å². The lowest BCUT2D eigenvalue weighted by molar-refractivity contribution is 0.0697. The summed E-state index contributed by atoms with van der Waals surface area (Å²) < 4.78 is 8.12. The first-order valence-corrected chi connectivity index (χ1v) is 12.3. The van der Waals surface area contributed by atoms with E-state index in [0.29, 0.717) is 23.4 Å². The Morgan fingerprint density at radius 3 is 2.64 bits per heavy atom. The molecule has 172 valence electrons. The first-order valence-electron chi connectivity index (χ1n) is 12.3. The van der Waals surface area contributed by atoms with E-state index >= 15 is 0 Å². The number of aromatic nitrogens is 1. The lowest BCUT2D eigenvalue weighted by atomic mass is 9.81. The fraction of sp³-hybridized carbons (Fsp3) is 0.464. The standard InChI is InChI=1S/C28H32N2O3/c1-29-13-12-19-16-30-24-14-18(28(31)32)8-10-22(24)25(17-6-4-3-5-7-17)27(30)21-11-9-20(33-2)15-23(21)26(19)29/h8-11,14-15,17,19,26H,3-7,12-13,16H2,1-2H3,(H,31,32)/t19-,26-/m0/s1. The third-order valence-electron chi connectivity index (χ3n) is 8.39. The largest absolute Gasteiger partial charge is 0.497 e. The quantitative estimate of drug-likeness (QED) is 0.533. The molecular formula is C28H32N2O3. The van der Waals surface area contributed by atoms with E-state index < -0.39 is 5.97 Å². The van der Waals surface area contributed by atoms with Gasteiger partial charge >= 0.3 is 5.97 Å². The molecule has 1 saturated carbocycles. The van der Waals surface area contributed by atoms with Crippen molar-refractivity contribution >= 4 is 16.9 Å². The van der Waals surface area contributed by atoms with Crippen molar-refractivity contribution in [3.63, 3.8) is 0 Å². The Morgan fingerprint density at radius 2 is 1.88 bits per heavy atom. The monoisotopic (exact) mass is 444 g/mol. The highest BCUT2D eigenvalue weighted by atomic mass is 16.5. The summed E-state index contributed by atoms with van der Waals surface area (Å²) in [6.45, 7) is 2.00. The van der Waals surface area contributed by atoms with Gasteiger partial charge in [0.1, 0.15) is 5.75 Å². The van der Waals surface area contributed by atoms with Gasteiger partial charge in [-0.1, -0.05) is 25.3 Å². The van der Waals surface area contributed by atoms with Crippen LogP contribution in [-0.2, 0) is 6.54 Å². The molecule has 3 aromatic rings. The molecule has 2 aliphatic heterocycles. The Balaban J connectivity index is 1.68. The Hall–Kier alpha value is -2.79. The fourth-order valence-corrected chi connectivity index (χ4v) is 6.87. The number of carbonyl (C=O) groups is 1. The second-order valence-corrected chi connectivity index (χ2v) is 10.2. The van der Waals surface area contributed by atoms with Gasteiger partial charge in [0.2, 0.25) is 0 Å². The summed E-state index contributed by atoms with van der Waals surface area (Å²) in [6, 6.07) is 12.7. The molecule has 0 spiro atoms. The average molecular weight is 445 g/mol. The van der Waals surface area contributed by atoms with Crippen LogP contribution in [0.1, 0.15) is 72.0 Å². The fourth-order valence-electron chi connectivity index (χ4n) is 6.87. The van der Waals surface area contributed by atoms with Crippen molar-refractivity contribution < 1.29 is 14.6 Å². The Kier molecular flexibility index (Phi) is 4.98. The predicted molar refractivity (Wildman–Crippen MR) is 130 cm³/mol. The SMILES string of the molecule is COc1ccc2c(c1)[C@@H]1[C@@H](CCN1C)Cn1c-2c(C2CCCCC2)c2ccc(C(=O)O)cc21. The third kappa shape index (κ3) is 3.20. The number of aromatic carboxylic acids is 1. The zero-order valence-electron chi connectivity index (χ0n) is 19.5. The van der Waals surface area contributed by atoms with Gasteiger partial charge in [-0.2, -0.15) is 0 Å². The van der Waals surface area contributed by atoms with E-state index in [-0.39, 0.29) is 0 Å². The van der Waals surface area contributed by atoms with E-state index in [4.69, 9.17) is 4.74 Å². The minimum Gasteiger partial charge on any atom is -0.497 e.